The molecule has 4 nitrogen and oxygen atoms in total. The number of rotatable bonds is 2. The highest BCUT2D eigenvalue weighted by Gasteiger charge is 2.32. The molecule has 0 aliphatic carbocycles. The highest BCUT2D eigenvalue weighted by atomic mass is 16.3. The molecule has 1 aromatic rings. The fraction of sp³-hybridized carbons (Fsp3) is 0.533. The molecule has 0 bridgehead atoms. The number of aliphatic hydroxyl groups is 1. The van der Waals surface area contributed by atoms with Crippen molar-refractivity contribution >= 4 is 11.6 Å². The fourth-order valence-electron chi connectivity index (χ4n) is 3.17. The Balaban J connectivity index is 1.73. The van der Waals surface area contributed by atoms with Gasteiger partial charge in [-0.25, -0.2) is 0 Å². The molecule has 2 heterocycles. The molecular weight excluding hydrogens is 240 g/mol. The van der Waals surface area contributed by atoms with Crippen LogP contribution in [0.5, 0.6) is 0 Å². The molecule has 0 radical (unpaired) electrons. The van der Waals surface area contributed by atoms with E-state index >= 15 is 0 Å². The summed E-state index contributed by atoms with van der Waals surface area (Å²) >= 11 is 0. The molecule has 0 spiro atoms. The van der Waals surface area contributed by atoms with Crippen molar-refractivity contribution in [2.45, 2.75) is 31.9 Å². The van der Waals surface area contributed by atoms with Gasteiger partial charge >= 0.3 is 0 Å². The molecule has 4 heteroatoms. The fourth-order valence-corrected chi connectivity index (χ4v) is 3.17. The van der Waals surface area contributed by atoms with Crippen LogP contribution in [0, 0.1) is 0 Å². The number of carbonyl (C=O) groups is 1. The molecule has 19 heavy (non-hydrogen) atoms. The number of fused-ring (bicyclic) bond motifs is 1. The Kier molecular flexibility index (Phi) is 3.29. The number of benzene rings is 1. The predicted molar refractivity (Wildman–Crippen MR) is 74.2 cm³/mol. The van der Waals surface area contributed by atoms with Crippen molar-refractivity contribution in [1.29, 1.82) is 0 Å². The lowest BCUT2D eigenvalue weighted by molar-refractivity contribution is -0.119. The average Bonchev–Trinajstić information content (AvgIpc) is 2.91. The van der Waals surface area contributed by atoms with Crippen molar-refractivity contribution in [3.63, 3.8) is 0 Å². The maximum absolute atomic E-state index is 12.5. The van der Waals surface area contributed by atoms with Gasteiger partial charge in [0.1, 0.15) is 0 Å². The van der Waals surface area contributed by atoms with Crippen molar-refractivity contribution in [3.8, 4) is 0 Å². The smallest absolute Gasteiger partial charge is 0.241 e. The van der Waals surface area contributed by atoms with Gasteiger partial charge in [0.05, 0.1) is 12.6 Å². The second-order valence-corrected chi connectivity index (χ2v) is 5.62. The predicted octanol–water partition coefficient (Wildman–Crippen LogP) is 1.03. The first kappa shape index (κ1) is 12.6. The lowest BCUT2D eigenvalue weighted by Gasteiger charge is -2.25. The summed E-state index contributed by atoms with van der Waals surface area (Å²) in [4.78, 5) is 16.4. The van der Waals surface area contributed by atoms with Gasteiger partial charge in [0, 0.05) is 24.8 Å². The Morgan fingerprint density at radius 1 is 1.42 bits per heavy atom. The maximum Gasteiger partial charge on any atom is 0.241 e. The van der Waals surface area contributed by atoms with Gasteiger partial charge in [0.2, 0.25) is 5.91 Å². The van der Waals surface area contributed by atoms with Gasteiger partial charge in [-0.05, 0) is 31.4 Å². The monoisotopic (exact) mass is 260 g/mol. The summed E-state index contributed by atoms with van der Waals surface area (Å²) in [6.07, 6.45) is 1.44. The summed E-state index contributed by atoms with van der Waals surface area (Å²) in [5, 5.41) is 9.52. The number of β-amino-alcohol motifs (C(OH)–C–C–N with tert-alkyl or cyclic N) is 1. The van der Waals surface area contributed by atoms with Gasteiger partial charge in [0.15, 0.2) is 0 Å². The molecule has 102 valence electrons. The number of hydrogen-bond acceptors (Lipinski definition) is 3. The molecular formula is C15H20N2O2. The molecule has 1 amide bonds. The number of aliphatic hydroxyl groups excluding tert-OH is 1. The second kappa shape index (κ2) is 4.94. The minimum absolute atomic E-state index is 0.145. The van der Waals surface area contributed by atoms with Gasteiger partial charge < -0.3 is 10.0 Å². The Labute approximate surface area is 113 Å². The quantitative estimate of drug-likeness (QED) is 0.864. The van der Waals surface area contributed by atoms with Crippen LogP contribution in [0.25, 0.3) is 0 Å². The third-order valence-electron chi connectivity index (χ3n) is 4.08. The largest absolute Gasteiger partial charge is 0.392 e. The summed E-state index contributed by atoms with van der Waals surface area (Å²) in [6, 6.07) is 8.36. The van der Waals surface area contributed by atoms with Crippen LogP contribution in [-0.2, 0) is 11.2 Å². The summed E-state index contributed by atoms with van der Waals surface area (Å²) in [6.45, 7) is 3.94. The highest BCUT2D eigenvalue weighted by Crippen LogP contribution is 2.31. The van der Waals surface area contributed by atoms with Crippen LogP contribution >= 0.6 is 0 Å². The van der Waals surface area contributed by atoms with E-state index in [1.54, 1.807) is 0 Å². The maximum atomic E-state index is 12.5. The Bertz CT molecular complexity index is 489. The topological polar surface area (TPSA) is 43.8 Å². The summed E-state index contributed by atoms with van der Waals surface area (Å²) < 4.78 is 0. The zero-order valence-corrected chi connectivity index (χ0v) is 11.2. The van der Waals surface area contributed by atoms with Crippen molar-refractivity contribution < 1.29 is 9.90 Å². The van der Waals surface area contributed by atoms with Crippen LogP contribution < -0.4 is 4.90 Å². The van der Waals surface area contributed by atoms with Crippen LogP contribution in [0.2, 0.25) is 0 Å². The van der Waals surface area contributed by atoms with Crippen molar-refractivity contribution in [2.24, 2.45) is 0 Å². The number of likely N-dealkylation sites (tertiary alicyclic amines) is 1. The molecule has 3 rings (SSSR count). The van der Waals surface area contributed by atoms with Crippen molar-refractivity contribution in [1.82, 2.24) is 4.90 Å². The number of nitrogens with zero attached hydrogens (tertiary/aromatic N) is 2. The number of anilines is 1. The van der Waals surface area contributed by atoms with Gasteiger partial charge in [0.25, 0.3) is 0 Å². The van der Waals surface area contributed by atoms with E-state index in [1.165, 1.54) is 5.56 Å². The number of carbonyl (C=O) groups excluding carboxylic acids is 1. The van der Waals surface area contributed by atoms with Crippen LogP contribution in [0.15, 0.2) is 24.3 Å². The zero-order valence-electron chi connectivity index (χ0n) is 11.2. The number of hydrogen-bond donors (Lipinski definition) is 1. The first-order valence-corrected chi connectivity index (χ1v) is 6.95. The lowest BCUT2D eigenvalue weighted by atomic mass is 10.1. The SMILES string of the molecule is CC1Cc2ccccc2N1C(=O)CN1CC[C@@H](O)C1. The molecule has 1 fully saturated rings. The van der Waals surface area contributed by atoms with E-state index in [-0.39, 0.29) is 18.1 Å². The lowest BCUT2D eigenvalue weighted by Crippen LogP contribution is -2.42. The van der Waals surface area contributed by atoms with E-state index < -0.39 is 0 Å². The molecule has 1 unspecified atom stereocenters. The number of para-hydroxylation sites is 1. The van der Waals surface area contributed by atoms with E-state index in [4.69, 9.17) is 0 Å². The molecule has 2 aliphatic rings. The van der Waals surface area contributed by atoms with E-state index in [1.807, 2.05) is 28.0 Å². The molecule has 1 aromatic carbocycles. The molecule has 0 aromatic heterocycles. The molecule has 1 saturated heterocycles. The Hall–Kier alpha value is -1.39. The standard InChI is InChI=1S/C15H20N2O2/c1-11-8-12-4-2-3-5-14(12)17(11)15(19)10-16-7-6-13(18)9-16/h2-5,11,13,18H,6-10H2,1H3/t11?,13-/m1/s1. The van der Waals surface area contributed by atoms with E-state index in [0.717, 1.165) is 25.1 Å². The molecule has 1 N–H and O–H groups in total. The van der Waals surface area contributed by atoms with Crippen molar-refractivity contribution in [3.05, 3.63) is 29.8 Å². The van der Waals surface area contributed by atoms with E-state index in [9.17, 15) is 9.90 Å². The average molecular weight is 260 g/mol. The first-order valence-electron chi connectivity index (χ1n) is 6.95. The minimum Gasteiger partial charge on any atom is -0.392 e. The minimum atomic E-state index is -0.268. The van der Waals surface area contributed by atoms with Crippen LogP contribution in [0.1, 0.15) is 18.9 Å². The van der Waals surface area contributed by atoms with Crippen LogP contribution in [0.3, 0.4) is 0 Å². The summed E-state index contributed by atoms with van der Waals surface area (Å²) in [5.41, 5.74) is 2.31. The summed E-state index contributed by atoms with van der Waals surface area (Å²) in [5.74, 6) is 0.145. The van der Waals surface area contributed by atoms with Crippen LogP contribution in [-0.4, -0.2) is 47.7 Å². The summed E-state index contributed by atoms with van der Waals surface area (Å²) in [7, 11) is 0. The van der Waals surface area contributed by atoms with Gasteiger partial charge in [-0.3, -0.25) is 9.69 Å². The van der Waals surface area contributed by atoms with Crippen LogP contribution in [0.4, 0.5) is 5.69 Å². The first-order chi connectivity index (χ1) is 9.15. The number of amides is 1. The van der Waals surface area contributed by atoms with Gasteiger partial charge in [-0.15, -0.1) is 0 Å². The van der Waals surface area contributed by atoms with E-state index in [0.29, 0.717) is 13.1 Å². The van der Waals surface area contributed by atoms with Crippen molar-refractivity contribution in [2.75, 3.05) is 24.5 Å². The molecule has 2 aliphatic heterocycles. The zero-order chi connectivity index (χ0) is 13.4. The van der Waals surface area contributed by atoms with Gasteiger partial charge in [-0.1, -0.05) is 18.2 Å². The molecule has 2 atom stereocenters. The second-order valence-electron chi connectivity index (χ2n) is 5.62. The molecule has 0 saturated carbocycles. The van der Waals surface area contributed by atoms with E-state index in [2.05, 4.69) is 13.0 Å². The Morgan fingerprint density at radius 3 is 2.95 bits per heavy atom. The Morgan fingerprint density at radius 2 is 2.21 bits per heavy atom. The highest BCUT2D eigenvalue weighted by molar-refractivity contribution is 5.97. The van der Waals surface area contributed by atoms with Gasteiger partial charge in [-0.2, -0.15) is 0 Å². The normalized spacial score (nSPS) is 26.7. The third-order valence-corrected chi connectivity index (χ3v) is 4.08. The third kappa shape index (κ3) is 2.38.